The summed E-state index contributed by atoms with van der Waals surface area (Å²) in [6.07, 6.45) is 5.42. The summed E-state index contributed by atoms with van der Waals surface area (Å²) in [6, 6.07) is 0. The Morgan fingerprint density at radius 1 is 1.00 bits per heavy atom. The van der Waals surface area contributed by atoms with Crippen molar-refractivity contribution in [2.75, 3.05) is 0 Å². The van der Waals surface area contributed by atoms with Gasteiger partial charge >= 0.3 is 0 Å². The van der Waals surface area contributed by atoms with Crippen molar-refractivity contribution in [1.29, 1.82) is 0 Å². The van der Waals surface area contributed by atoms with Gasteiger partial charge in [-0.1, -0.05) is 75.6 Å². The molecule has 94 valence electrons. The van der Waals surface area contributed by atoms with E-state index in [-0.39, 0.29) is 0 Å². The van der Waals surface area contributed by atoms with Crippen molar-refractivity contribution >= 4 is 11.6 Å². The van der Waals surface area contributed by atoms with E-state index in [1.165, 1.54) is 0 Å². The molecular formula is C16H23Cl. The third-order valence-corrected chi connectivity index (χ3v) is 2.40. The molecule has 0 radical (unpaired) electrons. The number of hydrogen-bond donors (Lipinski definition) is 0. The highest BCUT2D eigenvalue weighted by atomic mass is 35.5. The molecule has 0 saturated carbocycles. The standard InChI is InChI=1S/C14H17Cl.C2H6/c1-7-11(4)14(15)13(6)12(5)9-8-10(2)3;1-2/h7-9H,1-2,5-6H2,3-4H3;1-2H3/b9-8-,14-11+;. The molecule has 0 rings (SSSR count). The van der Waals surface area contributed by atoms with E-state index < -0.39 is 0 Å². The zero-order valence-electron chi connectivity index (χ0n) is 11.4. The molecule has 0 aromatic heterocycles. The zero-order chi connectivity index (χ0) is 14.0. The Morgan fingerprint density at radius 3 is 1.82 bits per heavy atom. The average Bonchev–Trinajstić information content (AvgIpc) is 2.35. The minimum Gasteiger partial charge on any atom is -0.0987 e. The Balaban J connectivity index is 0. The predicted molar refractivity (Wildman–Crippen MR) is 82.3 cm³/mol. The quantitative estimate of drug-likeness (QED) is 0.529. The van der Waals surface area contributed by atoms with Crippen LogP contribution in [0.1, 0.15) is 27.7 Å². The van der Waals surface area contributed by atoms with Crippen molar-refractivity contribution in [3.05, 3.63) is 71.9 Å². The number of allylic oxidation sites excluding steroid dienone is 8. The number of rotatable bonds is 5. The van der Waals surface area contributed by atoms with Gasteiger partial charge in [-0.05, 0) is 30.6 Å². The fraction of sp³-hybridized carbons (Fsp3) is 0.250. The molecule has 0 aliphatic heterocycles. The van der Waals surface area contributed by atoms with Crippen molar-refractivity contribution in [3.63, 3.8) is 0 Å². The minimum absolute atomic E-state index is 0.598. The Hall–Kier alpha value is -1.27. The number of halogens is 1. The first-order chi connectivity index (χ1) is 7.90. The molecule has 17 heavy (non-hydrogen) atoms. The maximum Gasteiger partial charge on any atom is 0.0507 e. The van der Waals surface area contributed by atoms with Gasteiger partial charge in [0.05, 0.1) is 5.03 Å². The highest BCUT2D eigenvalue weighted by Gasteiger charge is 2.03. The second kappa shape index (κ2) is 9.92. The van der Waals surface area contributed by atoms with E-state index in [1.807, 2.05) is 39.8 Å². The summed E-state index contributed by atoms with van der Waals surface area (Å²) in [5, 5.41) is 0.598. The molecule has 0 heterocycles. The van der Waals surface area contributed by atoms with Crippen LogP contribution in [0.15, 0.2) is 71.9 Å². The van der Waals surface area contributed by atoms with Crippen molar-refractivity contribution in [1.82, 2.24) is 0 Å². The molecule has 0 atom stereocenters. The maximum absolute atomic E-state index is 6.08. The average molecular weight is 251 g/mol. The van der Waals surface area contributed by atoms with Crippen LogP contribution < -0.4 is 0 Å². The molecule has 0 unspecified atom stereocenters. The van der Waals surface area contributed by atoms with Crippen molar-refractivity contribution in [2.24, 2.45) is 0 Å². The maximum atomic E-state index is 6.08. The lowest BCUT2D eigenvalue weighted by molar-refractivity contribution is 1.44. The summed E-state index contributed by atoms with van der Waals surface area (Å²) >= 11 is 6.08. The fourth-order valence-corrected chi connectivity index (χ4v) is 1.01. The topological polar surface area (TPSA) is 0 Å². The van der Waals surface area contributed by atoms with Crippen LogP contribution >= 0.6 is 11.6 Å². The van der Waals surface area contributed by atoms with Gasteiger partial charge in [0.25, 0.3) is 0 Å². The lowest BCUT2D eigenvalue weighted by Crippen LogP contribution is -1.86. The lowest BCUT2D eigenvalue weighted by atomic mass is 10.1. The Bertz CT molecular complexity index is 365. The lowest BCUT2D eigenvalue weighted by Gasteiger charge is -2.06. The zero-order valence-corrected chi connectivity index (χ0v) is 12.2. The first-order valence-corrected chi connectivity index (χ1v) is 5.99. The highest BCUT2D eigenvalue weighted by molar-refractivity contribution is 6.33. The van der Waals surface area contributed by atoms with Gasteiger partial charge in [0.15, 0.2) is 0 Å². The van der Waals surface area contributed by atoms with Crippen LogP contribution in [0.25, 0.3) is 0 Å². The number of hydrogen-bond acceptors (Lipinski definition) is 0. The first kappa shape index (κ1) is 18.1. The van der Waals surface area contributed by atoms with Crippen LogP contribution in [0, 0.1) is 0 Å². The SMILES string of the molecule is C=C/C(C)=C(/Cl)C(=C)C(=C)/C=C\C(=C)C.CC. The third kappa shape index (κ3) is 7.59. The molecule has 0 aromatic rings. The van der Waals surface area contributed by atoms with E-state index in [4.69, 9.17) is 11.6 Å². The molecule has 0 aliphatic rings. The Kier molecular flexibility index (Phi) is 10.6. The van der Waals surface area contributed by atoms with Gasteiger partial charge in [-0.2, -0.15) is 0 Å². The molecule has 0 nitrogen and oxygen atoms in total. The van der Waals surface area contributed by atoms with Gasteiger partial charge in [0, 0.05) is 0 Å². The molecule has 0 aliphatic carbocycles. The summed E-state index contributed by atoms with van der Waals surface area (Å²) in [5.74, 6) is 0. The second-order valence-electron chi connectivity index (χ2n) is 3.38. The molecule has 0 amide bonds. The van der Waals surface area contributed by atoms with Crippen molar-refractivity contribution in [2.45, 2.75) is 27.7 Å². The van der Waals surface area contributed by atoms with Gasteiger partial charge in [0.2, 0.25) is 0 Å². The van der Waals surface area contributed by atoms with E-state index in [9.17, 15) is 0 Å². The molecule has 0 N–H and O–H groups in total. The van der Waals surface area contributed by atoms with Crippen LogP contribution in [-0.2, 0) is 0 Å². The summed E-state index contributed by atoms with van der Waals surface area (Å²) in [5.41, 5.74) is 3.35. The predicted octanol–water partition coefficient (Wildman–Crippen LogP) is 5.96. The molecular weight excluding hydrogens is 228 g/mol. The van der Waals surface area contributed by atoms with Crippen LogP contribution in [0.4, 0.5) is 0 Å². The van der Waals surface area contributed by atoms with E-state index in [0.717, 1.165) is 16.7 Å². The minimum atomic E-state index is 0.598. The molecule has 0 saturated heterocycles. The highest BCUT2D eigenvalue weighted by Crippen LogP contribution is 2.24. The van der Waals surface area contributed by atoms with Crippen LogP contribution in [0.3, 0.4) is 0 Å². The fourth-order valence-electron chi connectivity index (χ4n) is 0.812. The van der Waals surface area contributed by atoms with Gasteiger partial charge in [-0.25, -0.2) is 0 Å². The summed E-state index contributed by atoms with van der Waals surface area (Å²) in [7, 11) is 0. The molecule has 0 fully saturated rings. The van der Waals surface area contributed by atoms with Crippen LogP contribution in [0.2, 0.25) is 0 Å². The largest absolute Gasteiger partial charge is 0.0987 e. The van der Waals surface area contributed by atoms with E-state index >= 15 is 0 Å². The van der Waals surface area contributed by atoms with Gasteiger partial charge in [0.1, 0.15) is 0 Å². The first-order valence-electron chi connectivity index (χ1n) is 5.61. The molecule has 0 bridgehead atoms. The second-order valence-corrected chi connectivity index (χ2v) is 3.76. The monoisotopic (exact) mass is 250 g/mol. The van der Waals surface area contributed by atoms with Gasteiger partial charge in [-0.15, -0.1) is 0 Å². The third-order valence-electron chi connectivity index (χ3n) is 1.87. The molecule has 0 aromatic carbocycles. The summed E-state index contributed by atoms with van der Waals surface area (Å²) in [6.45, 7) is 23.0. The van der Waals surface area contributed by atoms with E-state index in [1.54, 1.807) is 6.08 Å². The van der Waals surface area contributed by atoms with Gasteiger partial charge in [-0.3, -0.25) is 0 Å². The molecule has 0 spiro atoms. The van der Waals surface area contributed by atoms with Crippen LogP contribution in [0.5, 0.6) is 0 Å². The molecule has 1 heteroatoms. The Morgan fingerprint density at radius 2 is 1.47 bits per heavy atom. The van der Waals surface area contributed by atoms with Crippen molar-refractivity contribution < 1.29 is 0 Å². The smallest absolute Gasteiger partial charge is 0.0507 e. The van der Waals surface area contributed by atoms with Crippen molar-refractivity contribution in [3.8, 4) is 0 Å². The normalized spacial score (nSPS) is 11.1. The van der Waals surface area contributed by atoms with Crippen LogP contribution in [-0.4, -0.2) is 0 Å². The van der Waals surface area contributed by atoms with E-state index in [0.29, 0.717) is 10.6 Å². The van der Waals surface area contributed by atoms with E-state index in [2.05, 4.69) is 26.3 Å². The summed E-state index contributed by atoms with van der Waals surface area (Å²) < 4.78 is 0. The summed E-state index contributed by atoms with van der Waals surface area (Å²) in [4.78, 5) is 0. The Labute approximate surface area is 111 Å². The van der Waals surface area contributed by atoms with Gasteiger partial charge < -0.3 is 0 Å².